The van der Waals surface area contributed by atoms with Gasteiger partial charge in [0.25, 0.3) is 0 Å². The van der Waals surface area contributed by atoms with Crippen molar-refractivity contribution in [1.82, 2.24) is 0 Å². The molecule has 2 heteroatoms. The van der Waals surface area contributed by atoms with Crippen molar-refractivity contribution in [2.24, 2.45) is 5.92 Å². The Morgan fingerprint density at radius 1 is 1.11 bits per heavy atom. The molecular weight excluding hydrogens is 137 g/mol. The van der Waals surface area contributed by atoms with Crippen molar-refractivity contribution in [3.05, 3.63) is 5.32 Å². The normalized spacial score (nSPS) is 40.0. The van der Waals surface area contributed by atoms with Crippen LogP contribution >= 0.6 is 0 Å². The van der Waals surface area contributed by atoms with Gasteiger partial charge in [-0.2, -0.15) is 0 Å². The Morgan fingerprint density at radius 3 is 2.78 bits per heavy atom. The van der Waals surface area contributed by atoms with Crippen LogP contribution in [-0.2, 0) is 0 Å². The molecule has 1 heterocycles. The summed E-state index contributed by atoms with van der Waals surface area (Å²) in [6.45, 7) is 1.16. The molecule has 1 aliphatic heterocycles. The van der Waals surface area contributed by atoms with Crippen LogP contribution in [0.4, 0.5) is 0 Å². The standard InChI is InChI=1S/C7H12N.K/c1-2-6-4-5-8-7(6)3-1;/h6-7H,1-5H2;/q-1;+1. The molecule has 0 N–H and O–H groups in total. The van der Waals surface area contributed by atoms with Crippen molar-refractivity contribution in [3.63, 3.8) is 0 Å². The minimum absolute atomic E-state index is 0. The van der Waals surface area contributed by atoms with Crippen molar-refractivity contribution in [2.75, 3.05) is 6.54 Å². The molecule has 1 nitrogen and oxygen atoms in total. The fraction of sp³-hybridized carbons (Fsp3) is 1.00. The van der Waals surface area contributed by atoms with Gasteiger partial charge in [0.15, 0.2) is 0 Å². The van der Waals surface area contributed by atoms with Gasteiger partial charge in [-0.3, -0.25) is 0 Å². The minimum Gasteiger partial charge on any atom is -0.659 e. The first-order valence-corrected chi connectivity index (χ1v) is 3.63. The second kappa shape index (κ2) is 3.84. The molecule has 0 bridgehead atoms. The molecule has 1 saturated carbocycles. The maximum Gasteiger partial charge on any atom is 1.00 e. The van der Waals surface area contributed by atoms with Gasteiger partial charge in [0.1, 0.15) is 0 Å². The molecule has 2 atom stereocenters. The number of fused-ring (bicyclic) bond motifs is 1. The van der Waals surface area contributed by atoms with Gasteiger partial charge >= 0.3 is 51.4 Å². The number of hydrogen-bond donors (Lipinski definition) is 0. The predicted octanol–water partition coefficient (Wildman–Crippen LogP) is -1.06. The fourth-order valence-corrected chi connectivity index (χ4v) is 2.00. The molecule has 0 spiro atoms. The Hall–Kier alpha value is 1.60. The molecule has 1 aliphatic carbocycles. The summed E-state index contributed by atoms with van der Waals surface area (Å²) in [6.07, 6.45) is 5.70. The third-order valence-electron chi connectivity index (χ3n) is 2.48. The Balaban J connectivity index is 0.000000405. The smallest absolute Gasteiger partial charge is 0.659 e. The zero-order chi connectivity index (χ0) is 5.40. The molecule has 1 saturated heterocycles. The van der Waals surface area contributed by atoms with E-state index in [1.165, 1.54) is 25.7 Å². The van der Waals surface area contributed by atoms with E-state index in [0.29, 0.717) is 0 Å². The van der Waals surface area contributed by atoms with Gasteiger partial charge in [-0.25, -0.2) is 0 Å². The van der Waals surface area contributed by atoms with E-state index >= 15 is 0 Å². The minimum atomic E-state index is 0. The monoisotopic (exact) mass is 149 g/mol. The molecular formula is C7H12KN. The van der Waals surface area contributed by atoms with Crippen LogP contribution in [0.25, 0.3) is 5.32 Å². The van der Waals surface area contributed by atoms with Gasteiger partial charge in [-0.15, -0.1) is 12.6 Å². The molecule has 0 aromatic carbocycles. The summed E-state index contributed by atoms with van der Waals surface area (Å²) < 4.78 is 0. The van der Waals surface area contributed by atoms with Crippen LogP contribution in [0.15, 0.2) is 0 Å². The molecule has 0 aromatic heterocycles. The predicted molar refractivity (Wildman–Crippen MR) is 34.0 cm³/mol. The second-order valence-electron chi connectivity index (χ2n) is 2.95. The molecule has 2 fully saturated rings. The van der Waals surface area contributed by atoms with Gasteiger partial charge < -0.3 is 5.32 Å². The third-order valence-corrected chi connectivity index (χ3v) is 2.48. The molecule has 0 aromatic rings. The van der Waals surface area contributed by atoms with E-state index in [4.69, 9.17) is 0 Å². The largest absolute Gasteiger partial charge is 1.00 e. The third kappa shape index (κ3) is 1.79. The van der Waals surface area contributed by atoms with Crippen LogP contribution in [0.5, 0.6) is 0 Å². The second-order valence-corrected chi connectivity index (χ2v) is 2.95. The zero-order valence-corrected chi connectivity index (χ0v) is 9.26. The van der Waals surface area contributed by atoms with Crippen molar-refractivity contribution >= 4 is 0 Å². The van der Waals surface area contributed by atoms with Crippen LogP contribution in [0.2, 0.25) is 0 Å². The Labute approximate surface area is 99.4 Å². The van der Waals surface area contributed by atoms with Crippen LogP contribution in [0, 0.1) is 5.92 Å². The van der Waals surface area contributed by atoms with Gasteiger partial charge in [0, 0.05) is 0 Å². The maximum atomic E-state index is 4.50. The first kappa shape index (κ1) is 8.69. The van der Waals surface area contributed by atoms with E-state index in [2.05, 4.69) is 5.32 Å². The summed E-state index contributed by atoms with van der Waals surface area (Å²) in [5.74, 6) is 1.01. The summed E-state index contributed by atoms with van der Waals surface area (Å²) >= 11 is 0. The van der Waals surface area contributed by atoms with Crippen LogP contribution in [0.3, 0.4) is 0 Å². The van der Waals surface area contributed by atoms with Crippen molar-refractivity contribution in [2.45, 2.75) is 31.7 Å². The van der Waals surface area contributed by atoms with E-state index in [-0.39, 0.29) is 51.4 Å². The van der Waals surface area contributed by atoms with Crippen molar-refractivity contribution < 1.29 is 51.4 Å². The fourth-order valence-electron chi connectivity index (χ4n) is 2.00. The van der Waals surface area contributed by atoms with E-state index in [1.54, 1.807) is 0 Å². The van der Waals surface area contributed by atoms with E-state index < -0.39 is 0 Å². The van der Waals surface area contributed by atoms with E-state index in [1.807, 2.05) is 0 Å². The average Bonchev–Trinajstić information content (AvgIpc) is 2.15. The SMILES string of the molecule is C1CC2CC[N-]C2C1.[K+]. The Morgan fingerprint density at radius 2 is 2.00 bits per heavy atom. The molecule has 0 amide bonds. The summed E-state index contributed by atoms with van der Waals surface area (Å²) in [7, 11) is 0. The molecule has 2 rings (SSSR count). The molecule has 2 unspecified atom stereocenters. The Bertz CT molecular complexity index is 74.9. The summed E-state index contributed by atoms with van der Waals surface area (Å²) in [5, 5.41) is 4.50. The summed E-state index contributed by atoms with van der Waals surface area (Å²) in [5.41, 5.74) is 0. The molecule has 46 valence electrons. The first-order chi connectivity index (χ1) is 3.97. The maximum absolute atomic E-state index is 4.50. The number of nitrogens with zero attached hydrogens (tertiary/aromatic N) is 1. The van der Waals surface area contributed by atoms with Gasteiger partial charge in [0.2, 0.25) is 0 Å². The summed E-state index contributed by atoms with van der Waals surface area (Å²) in [4.78, 5) is 0. The van der Waals surface area contributed by atoms with Crippen LogP contribution in [-0.4, -0.2) is 12.6 Å². The quantitative estimate of drug-likeness (QED) is 0.390. The van der Waals surface area contributed by atoms with Crippen molar-refractivity contribution in [3.8, 4) is 0 Å². The number of rotatable bonds is 0. The first-order valence-electron chi connectivity index (χ1n) is 3.63. The molecule has 9 heavy (non-hydrogen) atoms. The number of hydrogen-bond acceptors (Lipinski definition) is 0. The van der Waals surface area contributed by atoms with Gasteiger partial charge in [-0.1, -0.05) is 31.6 Å². The van der Waals surface area contributed by atoms with Gasteiger partial charge in [-0.05, 0) is 0 Å². The molecule has 0 radical (unpaired) electrons. The Kier molecular flexibility index (Phi) is 3.70. The molecule has 2 aliphatic rings. The van der Waals surface area contributed by atoms with E-state index in [0.717, 1.165) is 18.5 Å². The average molecular weight is 149 g/mol. The van der Waals surface area contributed by atoms with E-state index in [9.17, 15) is 0 Å². The van der Waals surface area contributed by atoms with Crippen molar-refractivity contribution in [1.29, 1.82) is 0 Å². The van der Waals surface area contributed by atoms with Crippen LogP contribution in [0.1, 0.15) is 25.7 Å². The van der Waals surface area contributed by atoms with Gasteiger partial charge in [0.05, 0.1) is 0 Å². The summed E-state index contributed by atoms with van der Waals surface area (Å²) in [6, 6.07) is 0.801. The van der Waals surface area contributed by atoms with Crippen LogP contribution < -0.4 is 51.4 Å². The zero-order valence-electron chi connectivity index (χ0n) is 6.14. The topological polar surface area (TPSA) is 14.1 Å².